The van der Waals surface area contributed by atoms with E-state index in [2.05, 4.69) is 26.2 Å². The van der Waals surface area contributed by atoms with Crippen LogP contribution in [0.15, 0.2) is 65.7 Å². The molecule has 0 radical (unpaired) electrons. The van der Waals surface area contributed by atoms with Crippen LogP contribution in [0.2, 0.25) is 10.0 Å². The Bertz CT molecular complexity index is 1380. The fourth-order valence-corrected chi connectivity index (χ4v) is 4.32. The van der Waals surface area contributed by atoms with E-state index in [1.807, 2.05) is 0 Å². The molecule has 0 saturated heterocycles. The highest BCUT2D eigenvalue weighted by Gasteiger charge is 2.17. The highest BCUT2D eigenvalue weighted by Crippen LogP contribution is 2.23. The maximum absolute atomic E-state index is 12.9. The summed E-state index contributed by atoms with van der Waals surface area (Å²) >= 11 is 11.9. The molecule has 3 N–H and O–H groups in total. The zero-order valence-corrected chi connectivity index (χ0v) is 21.4. The van der Waals surface area contributed by atoms with E-state index in [1.165, 1.54) is 54.7 Å². The molecule has 188 valence electrons. The fourth-order valence-electron chi connectivity index (χ4n) is 2.94. The summed E-state index contributed by atoms with van der Waals surface area (Å²) in [7, 11) is -2.99. The summed E-state index contributed by atoms with van der Waals surface area (Å²) < 4.78 is 20.2. The van der Waals surface area contributed by atoms with Crippen LogP contribution in [0.1, 0.15) is 27.6 Å². The predicted molar refractivity (Wildman–Crippen MR) is 141 cm³/mol. The van der Waals surface area contributed by atoms with E-state index in [9.17, 15) is 18.6 Å². The maximum atomic E-state index is 12.9. The van der Waals surface area contributed by atoms with Crippen molar-refractivity contribution < 1.29 is 23.3 Å². The van der Waals surface area contributed by atoms with E-state index in [4.69, 9.17) is 27.9 Å². The van der Waals surface area contributed by atoms with E-state index < -0.39 is 27.5 Å². The van der Waals surface area contributed by atoms with Gasteiger partial charge in [-0.3, -0.25) is 14.4 Å². The van der Waals surface area contributed by atoms with Crippen molar-refractivity contribution in [2.75, 3.05) is 23.8 Å². The Hall–Kier alpha value is -3.44. The van der Waals surface area contributed by atoms with Crippen LogP contribution in [0.5, 0.6) is 0 Å². The van der Waals surface area contributed by atoms with Gasteiger partial charge >= 0.3 is 5.97 Å². The zero-order chi connectivity index (χ0) is 26.3. The molecule has 2 aromatic carbocycles. The summed E-state index contributed by atoms with van der Waals surface area (Å²) in [5.41, 5.74) is 0.574. The van der Waals surface area contributed by atoms with Gasteiger partial charge in [-0.15, -0.1) is 0 Å². The van der Waals surface area contributed by atoms with Gasteiger partial charge < -0.3 is 15.4 Å². The van der Waals surface area contributed by atoms with Crippen LogP contribution < -0.4 is 15.4 Å². The summed E-state index contributed by atoms with van der Waals surface area (Å²) in [6.45, 7) is 1.60. The van der Waals surface area contributed by atoms with Crippen molar-refractivity contribution in [2.45, 2.75) is 11.8 Å². The molecule has 1 unspecified atom stereocenters. The molecule has 3 rings (SSSR count). The second-order valence-electron chi connectivity index (χ2n) is 7.29. The van der Waals surface area contributed by atoms with Crippen LogP contribution in [0.25, 0.3) is 0 Å². The number of rotatable bonds is 9. The lowest BCUT2D eigenvalue weighted by atomic mass is 10.1. The lowest BCUT2D eigenvalue weighted by molar-refractivity contribution is -0.141. The Labute approximate surface area is 218 Å². The number of anilines is 2. The molecule has 1 aromatic heterocycles. The van der Waals surface area contributed by atoms with Gasteiger partial charge in [0, 0.05) is 21.7 Å². The number of carbonyl (C=O) groups excluding carboxylic acids is 3. The van der Waals surface area contributed by atoms with Crippen molar-refractivity contribution >= 4 is 68.1 Å². The molecular weight excluding hydrogens is 527 g/mol. The van der Waals surface area contributed by atoms with Gasteiger partial charge in [-0.1, -0.05) is 23.2 Å². The first kappa shape index (κ1) is 27.2. The topological polar surface area (TPSA) is 126 Å². The van der Waals surface area contributed by atoms with Crippen molar-refractivity contribution in [1.29, 1.82) is 0 Å². The number of halogens is 2. The van der Waals surface area contributed by atoms with Crippen molar-refractivity contribution in [3.8, 4) is 0 Å². The molecule has 0 saturated carbocycles. The minimum absolute atomic E-state index is 0.119. The lowest BCUT2D eigenvalue weighted by Crippen LogP contribution is -2.30. The van der Waals surface area contributed by atoms with Crippen molar-refractivity contribution in [3.05, 3.63) is 82.0 Å². The van der Waals surface area contributed by atoms with Crippen molar-refractivity contribution in [2.24, 2.45) is 0 Å². The quantitative estimate of drug-likeness (QED) is 0.273. The number of nitrogens with zero attached hydrogens (tertiary/aromatic N) is 1. The Morgan fingerprint density at radius 3 is 2.31 bits per heavy atom. The van der Waals surface area contributed by atoms with Gasteiger partial charge in [0.25, 0.3) is 11.8 Å². The molecule has 1 heterocycles. The normalized spacial score (nSPS) is 12.3. The molecule has 0 bridgehead atoms. The molecule has 0 aliphatic heterocycles. The maximum Gasteiger partial charge on any atom is 0.320 e. The third kappa shape index (κ3) is 7.28. The molecule has 2 amide bonds. The first-order chi connectivity index (χ1) is 17.1. The number of aromatic nitrogens is 1. The van der Waals surface area contributed by atoms with E-state index in [0.717, 1.165) is 0 Å². The largest absolute Gasteiger partial charge is 0.465 e. The summed E-state index contributed by atoms with van der Waals surface area (Å²) in [5.74, 6) is 2.29. The average Bonchev–Trinajstić information content (AvgIpc) is 2.85. The fraction of sp³-hybridized carbons (Fsp3) is 0.125. The zero-order valence-electron chi connectivity index (χ0n) is 19.0. The van der Waals surface area contributed by atoms with E-state index in [1.54, 1.807) is 13.0 Å². The molecule has 1 atom stereocenters. The number of nitrogens with one attached hydrogen (secondary N) is 3. The SMILES string of the molecule is C=S(=O)(NCC(=O)OCC)c1ccc(C(=O)Nc2ccc(Cl)cc2C(=O)Nc2ccc(Cl)cn2)cc1. The second kappa shape index (κ2) is 12.0. The number of hydrogen-bond donors (Lipinski definition) is 3. The van der Waals surface area contributed by atoms with Crippen LogP contribution in [0, 0.1) is 0 Å². The minimum atomic E-state index is -2.99. The summed E-state index contributed by atoms with van der Waals surface area (Å²) in [6.07, 6.45) is 1.39. The van der Waals surface area contributed by atoms with Gasteiger partial charge in [0.05, 0.1) is 32.6 Å². The third-order valence-corrected chi connectivity index (χ3v) is 6.80. The highest BCUT2D eigenvalue weighted by atomic mass is 35.5. The van der Waals surface area contributed by atoms with Gasteiger partial charge in [0.15, 0.2) is 0 Å². The van der Waals surface area contributed by atoms with Crippen molar-refractivity contribution in [1.82, 2.24) is 9.71 Å². The van der Waals surface area contributed by atoms with Crippen LogP contribution in [-0.4, -0.2) is 46.0 Å². The molecule has 0 spiro atoms. The second-order valence-corrected chi connectivity index (χ2v) is 10.3. The summed E-state index contributed by atoms with van der Waals surface area (Å²) in [5, 5.41) is 6.01. The lowest BCUT2D eigenvalue weighted by Gasteiger charge is -2.13. The highest BCUT2D eigenvalue weighted by molar-refractivity contribution is 7.98. The monoisotopic (exact) mass is 548 g/mol. The van der Waals surface area contributed by atoms with Gasteiger partial charge in [0.2, 0.25) is 0 Å². The molecule has 0 aliphatic carbocycles. The molecule has 0 aliphatic rings. The molecule has 36 heavy (non-hydrogen) atoms. The summed E-state index contributed by atoms with van der Waals surface area (Å²) in [4.78, 5) is 41.5. The van der Waals surface area contributed by atoms with Gasteiger partial charge in [0.1, 0.15) is 12.4 Å². The Morgan fingerprint density at radius 2 is 1.67 bits per heavy atom. The smallest absolute Gasteiger partial charge is 0.320 e. The Balaban J connectivity index is 1.73. The van der Waals surface area contributed by atoms with Crippen LogP contribution in [-0.2, 0) is 19.2 Å². The Morgan fingerprint density at radius 1 is 0.972 bits per heavy atom. The molecule has 0 fully saturated rings. The number of esters is 1. The van der Waals surface area contributed by atoms with Crippen LogP contribution in [0.4, 0.5) is 11.5 Å². The number of amides is 2. The Kier molecular flexibility index (Phi) is 9.05. The number of benzene rings is 2. The van der Waals surface area contributed by atoms with Gasteiger partial charge in [-0.05, 0) is 67.4 Å². The molecule has 12 heteroatoms. The van der Waals surface area contributed by atoms with Gasteiger partial charge in [-0.2, -0.15) is 0 Å². The molecular formula is C24H22Cl2N4O5S. The predicted octanol–water partition coefficient (Wildman–Crippen LogP) is 4.04. The van der Waals surface area contributed by atoms with Crippen LogP contribution in [0.3, 0.4) is 0 Å². The third-order valence-electron chi connectivity index (χ3n) is 4.70. The van der Waals surface area contributed by atoms with E-state index in [0.29, 0.717) is 14.9 Å². The van der Waals surface area contributed by atoms with E-state index >= 15 is 0 Å². The van der Waals surface area contributed by atoms with Crippen LogP contribution >= 0.6 is 23.2 Å². The number of ether oxygens (including phenoxy) is 1. The molecule has 3 aromatic rings. The number of hydrogen-bond acceptors (Lipinski definition) is 6. The minimum Gasteiger partial charge on any atom is -0.465 e. The average molecular weight is 549 g/mol. The summed E-state index contributed by atoms with van der Waals surface area (Å²) in [6, 6.07) is 13.4. The first-order valence-corrected chi connectivity index (χ1v) is 13.0. The standard InChI is InChI=1S/C24H22Cl2N4O5S/c1-3-35-22(31)14-28-36(2,34)18-8-4-15(5-9-18)23(32)29-20-10-6-16(25)12-19(20)24(33)30-21-11-7-17(26)13-27-21/h4-13H,2-3,14H2,1H3,(H,28,34)(H,29,32)(H,27,30,33). The van der Waals surface area contributed by atoms with Gasteiger partial charge in [-0.25, -0.2) is 13.9 Å². The number of pyridine rings is 1. The van der Waals surface area contributed by atoms with Crippen molar-refractivity contribution in [3.63, 3.8) is 0 Å². The van der Waals surface area contributed by atoms with E-state index in [-0.39, 0.29) is 35.8 Å². The first-order valence-electron chi connectivity index (χ1n) is 10.5. The molecule has 9 nitrogen and oxygen atoms in total. The number of carbonyl (C=O) groups is 3.